The Balaban J connectivity index is 1.53. The molecule has 1 aromatic carbocycles. The number of aromatic nitrogens is 3. The molecule has 10 heteroatoms. The smallest absolute Gasteiger partial charge is 0.245 e. The van der Waals surface area contributed by atoms with E-state index in [1.807, 2.05) is 17.2 Å². The van der Waals surface area contributed by atoms with Crippen LogP contribution in [0, 0.1) is 5.41 Å². The Morgan fingerprint density at radius 2 is 2.17 bits per heavy atom. The van der Waals surface area contributed by atoms with Crippen LogP contribution in [0.15, 0.2) is 54.6 Å². The Bertz CT molecular complexity index is 1290. The van der Waals surface area contributed by atoms with E-state index in [0.717, 1.165) is 35.1 Å². The second kappa shape index (κ2) is 10.6. The lowest BCUT2D eigenvalue weighted by Gasteiger charge is -2.31. The Morgan fingerprint density at radius 3 is 2.83 bits per heavy atom. The quantitative estimate of drug-likeness (QED) is 0.269. The molecule has 3 heterocycles. The van der Waals surface area contributed by atoms with Gasteiger partial charge in [-0.1, -0.05) is 18.2 Å². The second-order valence-electron chi connectivity index (χ2n) is 8.41. The number of piperidine rings is 1. The van der Waals surface area contributed by atoms with Gasteiger partial charge in [-0.2, -0.15) is 0 Å². The van der Waals surface area contributed by atoms with E-state index >= 15 is 0 Å². The summed E-state index contributed by atoms with van der Waals surface area (Å²) in [4.78, 5) is 25.9. The fraction of sp³-hybridized carbons (Fsp3) is 0.280. The Labute approximate surface area is 208 Å². The van der Waals surface area contributed by atoms with Crippen molar-refractivity contribution in [2.45, 2.75) is 25.7 Å². The number of nitrogens with two attached hydrogens (primary N) is 1. The molecule has 4 rings (SSSR count). The summed E-state index contributed by atoms with van der Waals surface area (Å²) in [6, 6.07) is 5.38. The molecule has 1 saturated heterocycles. The zero-order valence-electron chi connectivity index (χ0n) is 19.5. The van der Waals surface area contributed by atoms with Crippen molar-refractivity contribution >= 4 is 46.3 Å². The molecule has 9 nitrogen and oxygen atoms in total. The minimum absolute atomic E-state index is 0.0272. The number of halogens is 1. The number of ether oxygens (including phenoxy) is 1. The summed E-state index contributed by atoms with van der Waals surface area (Å²) in [6.45, 7) is 6.84. The molecule has 1 aliphatic heterocycles. The van der Waals surface area contributed by atoms with Gasteiger partial charge < -0.3 is 31.1 Å². The molecule has 182 valence electrons. The fourth-order valence-corrected chi connectivity index (χ4v) is 4.44. The summed E-state index contributed by atoms with van der Waals surface area (Å²) in [5.74, 6) is 1.42. The van der Waals surface area contributed by atoms with Crippen LogP contribution in [-0.4, -0.2) is 51.7 Å². The number of nitrogens with one attached hydrogen (secondary N) is 3. The molecular formula is C25H28ClN7O2. The van der Waals surface area contributed by atoms with Gasteiger partial charge in [0.25, 0.3) is 0 Å². The lowest BCUT2D eigenvalue weighted by molar-refractivity contribution is -0.127. The highest BCUT2D eigenvalue weighted by Gasteiger charge is 2.26. The van der Waals surface area contributed by atoms with Crippen LogP contribution < -0.4 is 15.8 Å². The summed E-state index contributed by atoms with van der Waals surface area (Å²) >= 11 is 6.46. The minimum atomic E-state index is -0.0272. The topological polar surface area (TPSA) is 133 Å². The first kappa shape index (κ1) is 24.3. The van der Waals surface area contributed by atoms with Crippen LogP contribution in [0.25, 0.3) is 11.0 Å². The van der Waals surface area contributed by atoms with Crippen molar-refractivity contribution in [1.29, 1.82) is 5.41 Å². The molecule has 3 aromatic rings. The molecule has 1 aliphatic rings. The van der Waals surface area contributed by atoms with Gasteiger partial charge in [0.15, 0.2) is 0 Å². The van der Waals surface area contributed by atoms with Gasteiger partial charge in [0, 0.05) is 42.5 Å². The number of hydrogen-bond donors (Lipinski definition) is 4. The average molecular weight is 494 g/mol. The second-order valence-corrected chi connectivity index (χ2v) is 8.81. The molecule has 0 atom stereocenters. The number of amides is 1. The average Bonchev–Trinajstić information content (AvgIpc) is 3.30. The lowest BCUT2D eigenvalue weighted by Crippen LogP contribution is -2.36. The number of aromatic amines is 1. The normalized spacial score (nSPS) is 15.0. The van der Waals surface area contributed by atoms with Crippen LogP contribution in [0.5, 0.6) is 5.75 Å². The lowest BCUT2D eigenvalue weighted by atomic mass is 9.89. The maximum Gasteiger partial charge on any atom is 0.245 e. The van der Waals surface area contributed by atoms with Gasteiger partial charge in [-0.3, -0.25) is 4.79 Å². The van der Waals surface area contributed by atoms with Crippen LogP contribution in [0.3, 0.4) is 0 Å². The van der Waals surface area contributed by atoms with Crippen molar-refractivity contribution in [2.75, 3.05) is 25.0 Å². The molecule has 5 N–H and O–H groups in total. The number of fused-ring (bicyclic) bond motifs is 1. The van der Waals surface area contributed by atoms with Gasteiger partial charge in [-0.05, 0) is 55.5 Å². The van der Waals surface area contributed by atoms with E-state index < -0.39 is 0 Å². The van der Waals surface area contributed by atoms with Crippen molar-refractivity contribution < 1.29 is 9.53 Å². The molecular weight excluding hydrogens is 466 g/mol. The molecule has 1 fully saturated rings. The van der Waals surface area contributed by atoms with Gasteiger partial charge in [-0.25, -0.2) is 9.97 Å². The maximum absolute atomic E-state index is 11.9. The summed E-state index contributed by atoms with van der Waals surface area (Å²) in [7, 11) is 0. The van der Waals surface area contributed by atoms with Gasteiger partial charge >= 0.3 is 0 Å². The predicted molar refractivity (Wildman–Crippen MR) is 139 cm³/mol. The maximum atomic E-state index is 11.9. The number of anilines is 2. The van der Waals surface area contributed by atoms with Crippen LogP contribution in [0.2, 0.25) is 5.02 Å². The summed E-state index contributed by atoms with van der Waals surface area (Å²) in [5, 5.41) is 12.1. The number of rotatable bonds is 8. The van der Waals surface area contributed by atoms with Crippen molar-refractivity contribution in [1.82, 2.24) is 19.9 Å². The third-order valence-corrected chi connectivity index (χ3v) is 6.48. The van der Waals surface area contributed by atoms with Crippen molar-refractivity contribution in [2.24, 2.45) is 5.73 Å². The third kappa shape index (κ3) is 5.30. The zero-order chi connectivity index (χ0) is 24.9. The highest BCUT2D eigenvalue weighted by Crippen LogP contribution is 2.37. The van der Waals surface area contributed by atoms with E-state index in [2.05, 4.69) is 26.8 Å². The predicted octanol–water partition coefficient (Wildman–Crippen LogP) is 4.51. The first-order valence-electron chi connectivity index (χ1n) is 11.3. The molecule has 0 spiro atoms. The van der Waals surface area contributed by atoms with Crippen LogP contribution >= 0.6 is 11.6 Å². The van der Waals surface area contributed by atoms with E-state index in [0.29, 0.717) is 40.9 Å². The summed E-state index contributed by atoms with van der Waals surface area (Å²) in [5.41, 5.74) is 9.50. The third-order valence-electron chi connectivity index (χ3n) is 6.18. The minimum Gasteiger partial charge on any atom is -0.487 e. The number of H-pyrrole nitrogens is 1. The molecule has 0 aliphatic carbocycles. The van der Waals surface area contributed by atoms with Crippen LogP contribution in [-0.2, 0) is 4.79 Å². The SMILES string of the molecule is C=CC(=O)N1CCC(c2c[nH]c3ncnc(Nc4ccc(OCC(C=N)=C(C)N)c(Cl)c4)c23)CC1. The fourth-order valence-electron chi connectivity index (χ4n) is 4.20. The highest BCUT2D eigenvalue weighted by molar-refractivity contribution is 6.32. The highest BCUT2D eigenvalue weighted by atomic mass is 35.5. The molecule has 0 unspecified atom stereocenters. The van der Waals surface area contributed by atoms with Gasteiger partial charge in [-0.15, -0.1) is 0 Å². The zero-order valence-corrected chi connectivity index (χ0v) is 20.2. The number of likely N-dealkylation sites (tertiary alicyclic amines) is 1. The Hall–Kier alpha value is -3.85. The van der Waals surface area contributed by atoms with Gasteiger partial charge in [0.05, 0.1) is 10.4 Å². The van der Waals surface area contributed by atoms with E-state index in [4.69, 9.17) is 27.5 Å². The summed E-state index contributed by atoms with van der Waals surface area (Å²) < 4.78 is 5.73. The van der Waals surface area contributed by atoms with Crippen LogP contribution in [0.1, 0.15) is 31.2 Å². The largest absolute Gasteiger partial charge is 0.487 e. The van der Waals surface area contributed by atoms with E-state index in [-0.39, 0.29) is 18.4 Å². The first-order chi connectivity index (χ1) is 16.9. The number of carbonyl (C=O) groups is 1. The number of allylic oxidation sites excluding steroid dienone is 1. The number of benzene rings is 1. The molecule has 0 radical (unpaired) electrons. The Morgan fingerprint density at radius 1 is 1.40 bits per heavy atom. The van der Waals surface area contributed by atoms with Crippen LogP contribution in [0.4, 0.5) is 11.5 Å². The first-order valence-corrected chi connectivity index (χ1v) is 11.7. The Kier molecular flexibility index (Phi) is 7.36. The van der Waals surface area contributed by atoms with Crippen molar-refractivity contribution in [3.05, 3.63) is 65.2 Å². The van der Waals surface area contributed by atoms with E-state index in [1.165, 1.54) is 18.6 Å². The molecule has 2 aromatic heterocycles. The van der Waals surface area contributed by atoms with Crippen molar-refractivity contribution in [3.8, 4) is 5.75 Å². The summed E-state index contributed by atoms with van der Waals surface area (Å²) in [6.07, 6.45) is 7.75. The van der Waals surface area contributed by atoms with Crippen molar-refractivity contribution in [3.63, 3.8) is 0 Å². The van der Waals surface area contributed by atoms with E-state index in [9.17, 15) is 4.79 Å². The van der Waals surface area contributed by atoms with Gasteiger partial charge in [0.1, 0.15) is 30.1 Å². The molecule has 0 bridgehead atoms. The van der Waals surface area contributed by atoms with E-state index in [1.54, 1.807) is 19.1 Å². The number of carbonyl (C=O) groups excluding carboxylic acids is 1. The molecule has 35 heavy (non-hydrogen) atoms. The number of hydrogen-bond acceptors (Lipinski definition) is 7. The van der Waals surface area contributed by atoms with Gasteiger partial charge in [0.2, 0.25) is 5.91 Å². The molecule has 1 amide bonds. The number of nitrogens with zero attached hydrogens (tertiary/aromatic N) is 3. The molecule has 0 saturated carbocycles. The standard InChI is InChI=1S/C25H28ClN7O2/c1-3-22(34)33-8-6-16(7-9-33)19-12-29-24-23(19)25(31-14-30-24)32-18-4-5-21(20(26)10-18)35-13-17(11-27)15(2)28/h3-5,10-12,14,16,27H,1,6-9,13,28H2,2H3,(H2,29,30,31,32). The monoisotopic (exact) mass is 493 g/mol.